The van der Waals surface area contributed by atoms with E-state index < -0.39 is 30.0 Å². The number of carbonyl (C=O) groups is 1. The van der Waals surface area contributed by atoms with Crippen molar-refractivity contribution in [2.45, 2.75) is 52.1 Å². The van der Waals surface area contributed by atoms with Crippen LogP contribution in [0.2, 0.25) is 5.04 Å². The highest BCUT2D eigenvalue weighted by atomic mass is 32.2. The summed E-state index contributed by atoms with van der Waals surface area (Å²) in [6, 6.07) is 24.1. The first-order chi connectivity index (χ1) is 17.1. The van der Waals surface area contributed by atoms with Crippen molar-refractivity contribution in [1.29, 1.82) is 0 Å². The minimum Gasteiger partial charge on any atom is -0.531 e. The van der Waals surface area contributed by atoms with Crippen molar-refractivity contribution < 1.29 is 27.5 Å². The summed E-state index contributed by atoms with van der Waals surface area (Å²) in [5.41, 5.74) is -1.07. The highest BCUT2D eigenvalue weighted by Gasteiger charge is 2.52. The number of amides is 1. The van der Waals surface area contributed by atoms with E-state index in [0.29, 0.717) is 4.31 Å². The molecule has 7 nitrogen and oxygen atoms in total. The third kappa shape index (κ3) is 5.99. The van der Waals surface area contributed by atoms with Crippen LogP contribution in [-0.2, 0) is 10.0 Å². The Balaban J connectivity index is 2.20. The molecule has 0 heterocycles. The molecular weight excluding hydrogens is 506 g/mol. The third-order valence-electron chi connectivity index (χ3n) is 5.91. The van der Waals surface area contributed by atoms with Crippen molar-refractivity contribution in [3.05, 3.63) is 78.9 Å². The van der Waals surface area contributed by atoms with Gasteiger partial charge in [-0.15, -0.1) is 0 Å². The Morgan fingerprint density at radius 1 is 0.811 bits per heavy atom. The second-order valence-electron chi connectivity index (χ2n) is 11.0. The lowest BCUT2D eigenvalue weighted by Crippen LogP contribution is -2.68. The van der Waals surface area contributed by atoms with Crippen LogP contribution in [-0.4, -0.2) is 44.0 Å². The second kappa shape index (κ2) is 10.2. The summed E-state index contributed by atoms with van der Waals surface area (Å²) >= 11 is 0. The zero-order valence-electron chi connectivity index (χ0n) is 22.3. The normalized spacial score (nSPS) is 12.6. The number of hydrogen-bond donors (Lipinski definition) is 1. The lowest BCUT2D eigenvalue weighted by molar-refractivity contribution is 0.152. The number of benzene rings is 3. The Labute approximate surface area is 220 Å². The maximum absolute atomic E-state index is 13.2. The van der Waals surface area contributed by atoms with E-state index >= 15 is 0 Å². The molecule has 0 saturated carbocycles. The zero-order chi connectivity index (χ0) is 27.6. The van der Waals surface area contributed by atoms with Gasteiger partial charge in [-0.25, -0.2) is 13.2 Å². The number of phenolic OH excluding ortho intramolecular Hbond substituents is 1. The van der Waals surface area contributed by atoms with Crippen LogP contribution in [0.15, 0.2) is 78.9 Å². The maximum Gasteiger partial charge on any atom is 0.429 e. The molecule has 0 fully saturated rings. The van der Waals surface area contributed by atoms with Gasteiger partial charge >= 0.3 is 14.4 Å². The highest BCUT2D eigenvalue weighted by Crippen LogP contribution is 2.41. The first kappa shape index (κ1) is 28.3. The van der Waals surface area contributed by atoms with Gasteiger partial charge in [-0.2, -0.15) is 4.31 Å². The van der Waals surface area contributed by atoms with E-state index in [1.165, 1.54) is 12.1 Å². The van der Waals surface area contributed by atoms with Crippen LogP contribution in [0.3, 0.4) is 0 Å². The van der Waals surface area contributed by atoms with Crippen LogP contribution in [0.1, 0.15) is 41.5 Å². The molecule has 3 aromatic carbocycles. The van der Waals surface area contributed by atoms with E-state index in [1.807, 2.05) is 60.7 Å². The van der Waals surface area contributed by atoms with Gasteiger partial charge in [0, 0.05) is 6.07 Å². The Bertz CT molecular complexity index is 1310. The second-order valence-corrected chi connectivity index (χ2v) is 17.0. The fourth-order valence-electron chi connectivity index (χ4n) is 4.52. The van der Waals surface area contributed by atoms with Gasteiger partial charge in [0.25, 0.3) is 0 Å². The van der Waals surface area contributed by atoms with Crippen molar-refractivity contribution >= 4 is 34.8 Å². The van der Waals surface area contributed by atoms with Gasteiger partial charge in [0.15, 0.2) is 5.75 Å². The number of sulfonamides is 1. The number of nitrogens with zero attached hydrogens (tertiary/aromatic N) is 1. The van der Waals surface area contributed by atoms with Gasteiger partial charge in [0.1, 0.15) is 11.5 Å². The Hall–Kier alpha value is -3.30. The molecule has 0 spiro atoms. The fraction of sp³-hybridized carbons (Fsp3) is 0.321. The van der Waals surface area contributed by atoms with Crippen molar-refractivity contribution in [3.8, 4) is 17.2 Å². The molecule has 0 aromatic heterocycles. The third-order valence-corrected chi connectivity index (χ3v) is 12.2. The monoisotopic (exact) mass is 541 g/mol. The van der Waals surface area contributed by atoms with Crippen molar-refractivity contribution in [1.82, 2.24) is 4.31 Å². The van der Waals surface area contributed by atoms with E-state index in [0.717, 1.165) is 16.6 Å². The van der Waals surface area contributed by atoms with Crippen LogP contribution in [0.5, 0.6) is 17.2 Å². The van der Waals surface area contributed by atoms with Crippen LogP contribution in [0.25, 0.3) is 0 Å². The van der Waals surface area contributed by atoms with Gasteiger partial charge in [-0.1, -0.05) is 81.4 Å². The minimum atomic E-state index is -3.95. The van der Waals surface area contributed by atoms with E-state index in [2.05, 4.69) is 20.8 Å². The summed E-state index contributed by atoms with van der Waals surface area (Å²) < 4.78 is 38.1. The van der Waals surface area contributed by atoms with Crippen LogP contribution < -0.4 is 19.5 Å². The molecule has 9 heteroatoms. The van der Waals surface area contributed by atoms with Crippen LogP contribution in [0, 0.1) is 0 Å². The molecule has 1 amide bonds. The lowest BCUT2D eigenvalue weighted by Gasteiger charge is -2.43. The maximum atomic E-state index is 13.2. The molecular formula is C28H35NO6SSi. The Kier molecular flexibility index (Phi) is 7.81. The molecule has 0 saturated heterocycles. The molecule has 198 valence electrons. The fourth-order valence-corrected chi connectivity index (χ4v) is 10.2. The molecule has 1 N–H and O–H groups in total. The van der Waals surface area contributed by atoms with Crippen LogP contribution >= 0.6 is 0 Å². The van der Waals surface area contributed by atoms with Gasteiger partial charge in [0.05, 0.1) is 11.8 Å². The summed E-state index contributed by atoms with van der Waals surface area (Å²) in [5, 5.41) is 11.9. The highest BCUT2D eigenvalue weighted by molar-refractivity contribution is 7.88. The van der Waals surface area contributed by atoms with Gasteiger partial charge in [-0.05, 0) is 48.3 Å². The Morgan fingerprint density at radius 2 is 1.30 bits per heavy atom. The SMILES string of the molecule is CC(C)(C)N(C(=O)Oc1cc(O)ccc1O[Si](c1ccccc1)(c1ccccc1)C(C)(C)C)S(C)(=O)=O. The number of ether oxygens (including phenoxy) is 1. The molecule has 0 radical (unpaired) electrons. The van der Waals surface area contributed by atoms with E-state index in [4.69, 9.17) is 9.16 Å². The average molecular weight is 542 g/mol. The predicted octanol–water partition coefficient (Wildman–Crippen LogP) is 4.89. The molecule has 3 aromatic rings. The number of hydrogen-bond acceptors (Lipinski definition) is 6. The molecule has 0 aliphatic carbocycles. The van der Waals surface area contributed by atoms with E-state index in [9.17, 15) is 18.3 Å². The summed E-state index contributed by atoms with van der Waals surface area (Å²) in [5.74, 6) is -0.00189. The zero-order valence-corrected chi connectivity index (χ0v) is 24.2. The molecule has 0 atom stereocenters. The first-order valence-electron chi connectivity index (χ1n) is 11.9. The molecule has 37 heavy (non-hydrogen) atoms. The number of carbonyl (C=O) groups excluding carboxylic acids is 1. The molecule has 0 aliphatic heterocycles. The van der Waals surface area contributed by atoms with Crippen molar-refractivity contribution in [2.75, 3.05) is 6.26 Å². The average Bonchev–Trinajstić information content (AvgIpc) is 2.77. The number of aromatic hydroxyl groups is 1. The molecule has 3 rings (SSSR count). The van der Waals surface area contributed by atoms with E-state index in [-0.39, 0.29) is 22.3 Å². The van der Waals surface area contributed by atoms with Gasteiger partial charge in [-0.3, -0.25) is 0 Å². The minimum absolute atomic E-state index is 0.0733. The van der Waals surface area contributed by atoms with E-state index in [1.54, 1.807) is 26.8 Å². The summed E-state index contributed by atoms with van der Waals surface area (Å²) in [6.45, 7) is 11.1. The van der Waals surface area contributed by atoms with Crippen molar-refractivity contribution in [2.24, 2.45) is 0 Å². The first-order valence-corrected chi connectivity index (χ1v) is 15.7. The molecule has 0 aliphatic rings. The van der Waals surface area contributed by atoms with Gasteiger partial charge in [0.2, 0.25) is 10.0 Å². The Morgan fingerprint density at radius 3 is 1.70 bits per heavy atom. The molecule has 0 unspecified atom stereocenters. The topological polar surface area (TPSA) is 93.1 Å². The summed E-state index contributed by atoms with van der Waals surface area (Å²) in [7, 11) is -7.04. The standard InChI is InChI=1S/C28H35NO6SSi/c1-27(2,3)29(36(7,32)33)26(31)34-25-20-21(30)18-19-24(25)35-37(28(4,5)6,22-14-10-8-11-15-22)23-16-12-9-13-17-23/h8-20,30H,1-7H3. The quantitative estimate of drug-likeness (QED) is 0.447. The largest absolute Gasteiger partial charge is 0.531 e. The summed E-state index contributed by atoms with van der Waals surface area (Å²) in [4.78, 5) is 13.2. The number of rotatable bonds is 6. The summed E-state index contributed by atoms with van der Waals surface area (Å²) in [6.07, 6.45) is -0.144. The lowest BCUT2D eigenvalue weighted by atomic mass is 10.1. The van der Waals surface area contributed by atoms with Gasteiger partial charge < -0.3 is 14.3 Å². The predicted molar refractivity (Wildman–Crippen MR) is 149 cm³/mol. The van der Waals surface area contributed by atoms with Crippen molar-refractivity contribution in [3.63, 3.8) is 0 Å². The number of phenols is 1. The van der Waals surface area contributed by atoms with Crippen LogP contribution in [0.4, 0.5) is 4.79 Å². The smallest absolute Gasteiger partial charge is 0.429 e. The molecule has 0 bridgehead atoms.